The predicted octanol–water partition coefficient (Wildman–Crippen LogP) is 2.11. The lowest BCUT2D eigenvalue weighted by Crippen LogP contribution is -2.39. The Labute approximate surface area is 213 Å². The average molecular weight is 509 g/mol. The molecule has 0 bridgehead atoms. The Morgan fingerprint density at radius 2 is 1.83 bits per heavy atom. The lowest BCUT2D eigenvalue weighted by Gasteiger charge is -2.27. The summed E-state index contributed by atoms with van der Waals surface area (Å²) in [6.45, 7) is 4.49. The van der Waals surface area contributed by atoms with E-state index in [1.165, 1.54) is 36.8 Å². The number of fused-ring (bicyclic) bond motifs is 3. The van der Waals surface area contributed by atoms with Crippen molar-refractivity contribution in [3.8, 4) is 0 Å². The largest absolute Gasteiger partial charge is 0.453 e. The maximum atomic E-state index is 12.8. The molecule has 36 heavy (non-hydrogen) atoms. The highest BCUT2D eigenvalue weighted by molar-refractivity contribution is 7.85. The summed E-state index contributed by atoms with van der Waals surface area (Å²) in [6.07, 6.45) is 4.56. The summed E-state index contributed by atoms with van der Waals surface area (Å²) in [5.41, 5.74) is 5.04. The highest BCUT2D eigenvalue weighted by atomic mass is 32.2. The third-order valence-corrected chi connectivity index (χ3v) is 10.1. The number of ether oxygens (including phenoxy) is 1. The maximum Gasteiger partial charge on any atom is 0.406 e. The van der Waals surface area contributed by atoms with E-state index in [1.54, 1.807) is 0 Å². The molecule has 4 heterocycles. The van der Waals surface area contributed by atoms with Gasteiger partial charge in [-0.25, -0.2) is 9.78 Å². The Balaban J connectivity index is 1.08. The molecule has 2 aromatic rings. The van der Waals surface area contributed by atoms with Crippen molar-refractivity contribution in [1.29, 1.82) is 0 Å². The summed E-state index contributed by atoms with van der Waals surface area (Å²) in [4.78, 5) is 27.1. The van der Waals surface area contributed by atoms with Crippen LogP contribution in [0.15, 0.2) is 23.1 Å². The SMILES string of the molecule is COC(=O)NCC1(Nc2nc(N3CC4CN(c5ccc6c(c5)CC6)CC4C3)nc3c2[S@@](=O)CC3)CC1. The third-order valence-electron chi connectivity index (χ3n) is 8.66. The number of benzene rings is 1. The van der Waals surface area contributed by atoms with Crippen molar-refractivity contribution in [3.05, 3.63) is 35.0 Å². The number of carbonyl (C=O) groups excluding carboxylic acids is 1. The molecule has 3 atom stereocenters. The van der Waals surface area contributed by atoms with Crippen LogP contribution in [-0.4, -0.2) is 71.4 Å². The third kappa shape index (κ3) is 3.81. The lowest BCUT2D eigenvalue weighted by molar-refractivity contribution is 0.170. The number of nitrogens with zero attached hydrogens (tertiary/aromatic N) is 4. The van der Waals surface area contributed by atoms with E-state index in [4.69, 9.17) is 14.7 Å². The van der Waals surface area contributed by atoms with Gasteiger partial charge in [0.15, 0.2) is 0 Å². The normalized spacial score (nSPS) is 26.6. The first-order chi connectivity index (χ1) is 17.5. The fourth-order valence-electron chi connectivity index (χ4n) is 6.22. The van der Waals surface area contributed by atoms with Gasteiger partial charge < -0.3 is 25.2 Å². The minimum Gasteiger partial charge on any atom is -0.453 e. The van der Waals surface area contributed by atoms with Crippen molar-refractivity contribution >= 4 is 34.3 Å². The molecule has 7 rings (SSSR count). The van der Waals surface area contributed by atoms with Crippen molar-refractivity contribution in [1.82, 2.24) is 15.3 Å². The smallest absolute Gasteiger partial charge is 0.406 e. The number of hydrogen-bond acceptors (Lipinski definition) is 8. The summed E-state index contributed by atoms with van der Waals surface area (Å²) in [5.74, 6) is 3.20. The molecule has 2 N–H and O–H groups in total. The number of aromatic nitrogens is 2. The Hall–Kier alpha value is -2.88. The molecule has 1 aromatic carbocycles. The van der Waals surface area contributed by atoms with Gasteiger partial charge in [0, 0.05) is 62.4 Å². The van der Waals surface area contributed by atoms with Crippen LogP contribution in [0, 0.1) is 11.8 Å². The number of hydrogen-bond donors (Lipinski definition) is 2. The molecule has 1 aromatic heterocycles. The van der Waals surface area contributed by atoms with Crippen LogP contribution in [0.4, 0.5) is 22.2 Å². The average Bonchev–Trinajstić information content (AvgIpc) is 3.14. The Morgan fingerprint density at radius 1 is 1.08 bits per heavy atom. The molecule has 5 aliphatic rings. The van der Waals surface area contributed by atoms with Crippen LogP contribution in [0.3, 0.4) is 0 Å². The van der Waals surface area contributed by atoms with Gasteiger partial charge in [-0.2, -0.15) is 4.98 Å². The fraction of sp³-hybridized carbons (Fsp3) is 0.577. The van der Waals surface area contributed by atoms with Crippen LogP contribution >= 0.6 is 0 Å². The van der Waals surface area contributed by atoms with Crippen LogP contribution in [0.1, 0.15) is 29.7 Å². The number of nitrogens with one attached hydrogen (secondary N) is 2. The second kappa shape index (κ2) is 8.33. The van der Waals surface area contributed by atoms with Gasteiger partial charge in [-0.05, 0) is 48.9 Å². The molecule has 2 unspecified atom stereocenters. The van der Waals surface area contributed by atoms with Gasteiger partial charge in [0.05, 0.1) is 29.1 Å². The topological polar surface area (TPSA) is 99.7 Å². The molecule has 10 heteroatoms. The van der Waals surface area contributed by atoms with Crippen molar-refractivity contribution in [3.63, 3.8) is 0 Å². The van der Waals surface area contributed by atoms with Gasteiger partial charge in [0.1, 0.15) is 10.7 Å². The van der Waals surface area contributed by atoms with Gasteiger partial charge in [-0.15, -0.1) is 0 Å². The summed E-state index contributed by atoms with van der Waals surface area (Å²) in [6, 6.07) is 6.99. The molecule has 9 nitrogen and oxygen atoms in total. The van der Waals surface area contributed by atoms with E-state index >= 15 is 0 Å². The quantitative estimate of drug-likeness (QED) is 0.612. The Morgan fingerprint density at radius 3 is 2.50 bits per heavy atom. The molecular weight excluding hydrogens is 476 g/mol. The minimum absolute atomic E-state index is 0.265. The van der Waals surface area contributed by atoms with E-state index < -0.39 is 16.9 Å². The number of alkyl carbamates (subject to hydrolysis) is 1. The zero-order valence-corrected chi connectivity index (χ0v) is 21.4. The predicted molar refractivity (Wildman–Crippen MR) is 138 cm³/mol. The van der Waals surface area contributed by atoms with E-state index in [2.05, 4.69) is 38.6 Å². The fourth-order valence-corrected chi connectivity index (χ4v) is 7.52. The zero-order chi connectivity index (χ0) is 24.4. The zero-order valence-electron chi connectivity index (χ0n) is 20.6. The van der Waals surface area contributed by atoms with Crippen LogP contribution in [-0.2, 0) is 34.8 Å². The first-order valence-electron chi connectivity index (χ1n) is 13.0. The van der Waals surface area contributed by atoms with Crippen LogP contribution < -0.4 is 20.4 Å². The van der Waals surface area contributed by atoms with Gasteiger partial charge in [-0.1, -0.05) is 6.07 Å². The van der Waals surface area contributed by atoms with E-state index in [1.807, 2.05) is 0 Å². The van der Waals surface area contributed by atoms with E-state index in [9.17, 15) is 9.00 Å². The summed E-state index contributed by atoms with van der Waals surface area (Å²) in [5, 5.41) is 6.35. The van der Waals surface area contributed by atoms with Crippen molar-refractivity contribution in [2.24, 2.45) is 11.8 Å². The molecule has 3 aliphatic heterocycles. The van der Waals surface area contributed by atoms with E-state index in [0.29, 0.717) is 36.4 Å². The first-order valence-corrected chi connectivity index (χ1v) is 14.3. The molecule has 2 saturated heterocycles. The van der Waals surface area contributed by atoms with Crippen molar-refractivity contribution in [2.75, 3.05) is 60.7 Å². The van der Waals surface area contributed by atoms with Crippen LogP contribution in [0.25, 0.3) is 0 Å². The number of anilines is 3. The molecule has 3 fully saturated rings. The summed E-state index contributed by atoms with van der Waals surface area (Å²) in [7, 11) is 0.271. The monoisotopic (exact) mass is 508 g/mol. The molecule has 1 amide bonds. The van der Waals surface area contributed by atoms with Gasteiger partial charge in [0.2, 0.25) is 5.95 Å². The highest BCUT2D eigenvalue weighted by Gasteiger charge is 2.46. The van der Waals surface area contributed by atoms with Crippen LogP contribution in [0.2, 0.25) is 0 Å². The van der Waals surface area contributed by atoms with E-state index in [0.717, 1.165) is 55.6 Å². The van der Waals surface area contributed by atoms with Crippen LogP contribution in [0.5, 0.6) is 0 Å². The molecule has 2 aliphatic carbocycles. The molecular formula is C26H32N6O3S. The van der Waals surface area contributed by atoms with Crippen molar-refractivity contribution in [2.45, 2.75) is 42.5 Å². The van der Waals surface area contributed by atoms with Crippen molar-refractivity contribution < 1.29 is 13.7 Å². The second-order valence-electron chi connectivity index (χ2n) is 11.0. The summed E-state index contributed by atoms with van der Waals surface area (Å²) < 4.78 is 17.5. The lowest BCUT2D eigenvalue weighted by atomic mass is 9.88. The Bertz CT molecular complexity index is 1250. The van der Waals surface area contributed by atoms with Gasteiger partial charge >= 0.3 is 6.09 Å². The molecule has 1 saturated carbocycles. The highest BCUT2D eigenvalue weighted by Crippen LogP contribution is 2.42. The maximum absolute atomic E-state index is 12.8. The molecule has 190 valence electrons. The number of amides is 1. The number of aryl methyl sites for hydroxylation is 3. The summed E-state index contributed by atoms with van der Waals surface area (Å²) >= 11 is 0. The Kier molecular flexibility index (Phi) is 5.16. The number of carbonyl (C=O) groups is 1. The number of rotatable bonds is 6. The van der Waals surface area contributed by atoms with Gasteiger partial charge in [-0.3, -0.25) is 4.21 Å². The molecule has 0 spiro atoms. The standard InChI is InChI=1S/C26H32N6O3S/c1-35-25(33)27-15-26(7-8-26)30-23-22-21(6-9-36(22)34)28-24(29-23)32-13-18-11-31(12-19(18)14-32)20-5-4-16-2-3-17(16)10-20/h4-5,10,18-19H,2-3,6-9,11-15H2,1H3,(H,27,33)(H,28,29,30)/t18?,19?,36-/m0/s1. The van der Waals surface area contributed by atoms with E-state index in [-0.39, 0.29) is 5.54 Å². The molecule has 0 radical (unpaired) electrons. The minimum atomic E-state index is -1.09. The second-order valence-corrected chi connectivity index (χ2v) is 12.5. The van der Waals surface area contributed by atoms with Gasteiger partial charge in [0.25, 0.3) is 0 Å². The number of methoxy groups -OCH3 is 1. The first kappa shape index (κ1) is 22.3.